The Morgan fingerprint density at radius 2 is 1.91 bits per heavy atom. The van der Waals surface area contributed by atoms with Crippen molar-refractivity contribution in [1.29, 1.82) is 0 Å². The molecule has 1 aromatic carbocycles. The van der Waals surface area contributed by atoms with Crippen LogP contribution in [0.1, 0.15) is 39.2 Å². The van der Waals surface area contributed by atoms with E-state index < -0.39 is 35.7 Å². The monoisotopic (exact) mass is 462 g/mol. The number of nitrogens with zero attached hydrogens (tertiary/aromatic N) is 3. The van der Waals surface area contributed by atoms with E-state index in [-0.39, 0.29) is 38.5 Å². The summed E-state index contributed by atoms with van der Waals surface area (Å²) < 4.78 is 10.7. The van der Waals surface area contributed by atoms with Gasteiger partial charge in [0.15, 0.2) is 0 Å². The van der Waals surface area contributed by atoms with Gasteiger partial charge in [0, 0.05) is 20.0 Å². The maximum atomic E-state index is 12.8. The molecule has 1 aliphatic rings. The number of benzene rings is 1. The van der Waals surface area contributed by atoms with Crippen molar-refractivity contribution in [3.63, 3.8) is 0 Å². The standard InChI is InChI=1S/C22H30N4O7/c1-22(2,3)33-21(31)26-13-16(18(29)24-19(26)23-12-8-11-17(27)28)25(4)20(30)32-14-15-9-6-5-7-10-15/h5-7,9-10,16H,8,11-14H2,1-4H3,(H,27,28)(H,23,24,29). The van der Waals surface area contributed by atoms with E-state index >= 15 is 0 Å². The summed E-state index contributed by atoms with van der Waals surface area (Å²) in [5.41, 5.74) is -0.0123. The van der Waals surface area contributed by atoms with Gasteiger partial charge in [0.05, 0.1) is 6.54 Å². The third-order valence-electron chi connectivity index (χ3n) is 4.53. The SMILES string of the molecule is CN(C(=O)OCc1ccccc1)C1CN(C(=O)OC(C)(C)C)C(=NCCCC(=O)O)NC1=O. The zero-order valence-electron chi connectivity index (χ0n) is 19.2. The zero-order valence-corrected chi connectivity index (χ0v) is 19.2. The highest BCUT2D eigenvalue weighted by Crippen LogP contribution is 2.15. The molecular weight excluding hydrogens is 432 g/mol. The van der Waals surface area contributed by atoms with Gasteiger partial charge in [-0.05, 0) is 32.8 Å². The van der Waals surface area contributed by atoms with Crippen molar-refractivity contribution in [2.45, 2.75) is 51.9 Å². The summed E-state index contributed by atoms with van der Waals surface area (Å²) in [5.74, 6) is -1.57. The molecule has 1 unspecified atom stereocenters. The molecule has 0 radical (unpaired) electrons. The maximum absolute atomic E-state index is 12.8. The number of aliphatic carboxylic acids is 1. The van der Waals surface area contributed by atoms with Crippen LogP contribution in [0.5, 0.6) is 0 Å². The Hall–Kier alpha value is -3.63. The number of ether oxygens (including phenoxy) is 2. The molecule has 0 bridgehead atoms. The van der Waals surface area contributed by atoms with E-state index in [1.807, 2.05) is 18.2 Å². The first-order valence-electron chi connectivity index (χ1n) is 10.5. The second kappa shape index (κ2) is 11.3. The number of carbonyl (C=O) groups excluding carboxylic acids is 3. The number of hydrogen-bond acceptors (Lipinski definition) is 7. The first-order chi connectivity index (χ1) is 15.5. The molecule has 2 rings (SSSR count). The Bertz CT molecular complexity index is 896. The van der Waals surface area contributed by atoms with Crippen LogP contribution in [0.2, 0.25) is 0 Å². The number of hydrogen-bond donors (Lipinski definition) is 2. The molecule has 1 aliphatic heterocycles. The van der Waals surface area contributed by atoms with Gasteiger partial charge in [0.1, 0.15) is 18.2 Å². The van der Waals surface area contributed by atoms with Gasteiger partial charge in [0.2, 0.25) is 5.96 Å². The topological polar surface area (TPSA) is 138 Å². The minimum atomic E-state index is -1.04. The van der Waals surface area contributed by atoms with Crippen LogP contribution in [0, 0.1) is 0 Å². The molecule has 0 aromatic heterocycles. The molecule has 11 heteroatoms. The van der Waals surface area contributed by atoms with Crippen LogP contribution in [-0.4, -0.2) is 76.7 Å². The molecule has 1 atom stereocenters. The average Bonchev–Trinajstić information content (AvgIpc) is 2.74. The van der Waals surface area contributed by atoms with Crippen LogP contribution in [0.25, 0.3) is 0 Å². The highest BCUT2D eigenvalue weighted by Gasteiger charge is 2.40. The number of guanidine groups is 1. The Morgan fingerprint density at radius 1 is 1.24 bits per heavy atom. The molecule has 1 saturated heterocycles. The predicted octanol–water partition coefficient (Wildman–Crippen LogP) is 2.21. The molecule has 180 valence electrons. The number of rotatable bonds is 7. The average molecular weight is 463 g/mol. The summed E-state index contributed by atoms with van der Waals surface area (Å²) in [5, 5.41) is 11.3. The third kappa shape index (κ3) is 8.09. The van der Waals surface area contributed by atoms with E-state index in [2.05, 4.69) is 10.3 Å². The Morgan fingerprint density at radius 3 is 2.52 bits per heavy atom. The smallest absolute Gasteiger partial charge is 0.417 e. The first-order valence-corrected chi connectivity index (χ1v) is 10.5. The van der Waals surface area contributed by atoms with Crippen LogP contribution < -0.4 is 5.32 Å². The van der Waals surface area contributed by atoms with Crippen LogP contribution in [-0.2, 0) is 25.7 Å². The zero-order chi connectivity index (χ0) is 24.6. The number of carbonyl (C=O) groups is 4. The number of amides is 3. The highest BCUT2D eigenvalue weighted by atomic mass is 16.6. The van der Waals surface area contributed by atoms with E-state index in [1.165, 1.54) is 7.05 Å². The van der Waals surface area contributed by atoms with Crippen molar-refractivity contribution in [3.05, 3.63) is 35.9 Å². The number of carboxylic acid groups (broad SMARTS) is 1. The Balaban J connectivity index is 2.12. The molecule has 33 heavy (non-hydrogen) atoms. The van der Waals surface area contributed by atoms with Gasteiger partial charge >= 0.3 is 18.2 Å². The van der Waals surface area contributed by atoms with E-state index in [9.17, 15) is 19.2 Å². The maximum Gasteiger partial charge on any atom is 0.417 e. The third-order valence-corrected chi connectivity index (χ3v) is 4.53. The Labute approximate surface area is 192 Å². The van der Waals surface area contributed by atoms with Crippen molar-refractivity contribution in [2.75, 3.05) is 20.1 Å². The van der Waals surface area contributed by atoms with Crippen molar-refractivity contribution in [1.82, 2.24) is 15.1 Å². The number of aliphatic imine (C=N–C) groups is 1. The molecule has 0 saturated carbocycles. The fourth-order valence-electron chi connectivity index (χ4n) is 2.87. The van der Waals surface area contributed by atoms with Gasteiger partial charge < -0.3 is 14.6 Å². The number of nitrogens with one attached hydrogen (secondary N) is 1. The summed E-state index contributed by atoms with van der Waals surface area (Å²) in [6, 6.07) is 8.04. The molecule has 3 amide bonds. The summed E-state index contributed by atoms with van der Waals surface area (Å²) in [4.78, 5) is 55.1. The largest absolute Gasteiger partial charge is 0.481 e. The van der Waals surface area contributed by atoms with E-state index in [0.29, 0.717) is 0 Å². The summed E-state index contributed by atoms with van der Waals surface area (Å²) in [6.45, 7) is 5.01. The first kappa shape index (κ1) is 25.6. The molecule has 0 aliphatic carbocycles. The fourth-order valence-corrected chi connectivity index (χ4v) is 2.87. The van der Waals surface area contributed by atoms with Gasteiger partial charge in [-0.15, -0.1) is 0 Å². The Kier molecular flexibility index (Phi) is 8.78. The van der Waals surface area contributed by atoms with Gasteiger partial charge in [-0.25, -0.2) is 14.5 Å². The van der Waals surface area contributed by atoms with Gasteiger partial charge in [-0.1, -0.05) is 30.3 Å². The van der Waals surface area contributed by atoms with Crippen molar-refractivity contribution in [2.24, 2.45) is 4.99 Å². The number of carboxylic acids is 1. The van der Waals surface area contributed by atoms with Crippen LogP contribution in [0.15, 0.2) is 35.3 Å². The lowest BCUT2D eigenvalue weighted by molar-refractivity contribution is -0.137. The lowest BCUT2D eigenvalue weighted by Crippen LogP contribution is -2.64. The normalized spacial score (nSPS) is 17.3. The minimum absolute atomic E-state index is 0.0322. The molecule has 2 N–H and O–H groups in total. The molecule has 11 nitrogen and oxygen atoms in total. The van der Waals surface area contributed by atoms with E-state index in [1.54, 1.807) is 32.9 Å². The van der Waals surface area contributed by atoms with E-state index in [4.69, 9.17) is 14.6 Å². The molecule has 1 aromatic rings. The van der Waals surface area contributed by atoms with Crippen molar-refractivity contribution in [3.8, 4) is 0 Å². The molecule has 1 fully saturated rings. The van der Waals surface area contributed by atoms with Gasteiger partial charge in [0.25, 0.3) is 5.91 Å². The van der Waals surface area contributed by atoms with E-state index in [0.717, 1.165) is 15.4 Å². The van der Waals surface area contributed by atoms with Crippen molar-refractivity contribution >= 4 is 30.0 Å². The molecular formula is C22H30N4O7. The number of likely N-dealkylation sites (N-methyl/N-ethyl adjacent to an activating group) is 1. The highest BCUT2D eigenvalue weighted by molar-refractivity contribution is 6.08. The molecule has 1 heterocycles. The summed E-state index contributed by atoms with van der Waals surface area (Å²) >= 11 is 0. The summed E-state index contributed by atoms with van der Waals surface area (Å²) in [6.07, 6.45) is -1.36. The van der Waals surface area contributed by atoms with Gasteiger partial charge in [-0.2, -0.15) is 0 Å². The second-order valence-corrected chi connectivity index (χ2v) is 8.45. The van der Waals surface area contributed by atoms with Crippen LogP contribution in [0.3, 0.4) is 0 Å². The lowest BCUT2D eigenvalue weighted by atomic mass is 10.2. The van der Waals surface area contributed by atoms with Gasteiger partial charge in [-0.3, -0.25) is 24.8 Å². The fraction of sp³-hybridized carbons (Fsp3) is 0.500. The van der Waals surface area contributed by atoms with Crippen LogP contribution in [0.4, 0.5) is 9.59 Å². The second-order valence-electron chi connectivity index (χ2n) is 8.45. The van der Waals surface area contributed by atoms with Crippen LogP contribution >= 0.6 is 0 Å². The van der Waals surface area contributed by atoms with Crippen molar-refractivity contribution < 1.29 is 33.8 Å². The quantitative estimate of drug-likeness (QED) is 0.593. The predicted molar refractivity (Wildman–Crippen MR) is 118 cm³/mol. The summed E-state index contributed by atoms with van der Waals surface area (Å²) in [7, 11) is 1.40. The minimum Gasteiger partial charge on any atom is -0.481 e. The lowest BCUT2D eigenvalue weighted by Gasteiger charge is -2.37. The molecule has 0 spiro atoms.